The normalized spacial score (nSPS) is 15.7. The lowest BCUT2D eigenvalue weighted by Crippen LogP contribution is -2.56. The molecule has 4 heterocycles. The van der Waals surface area contributed by atoms with E-state index in [1.165, 1.54) is 22.7 Å². The largest absolute Gasteiger partial charge is 0.349 e. The highest BCUT2D eigenvalue weighted by atomic mass is 35.5. The number of aryl methyl sites for hydroxylation is 2. The van der Waals surface area contributed by atoms with Gasteiger partial charge in [0.1, 0.15) is 11.4 Å². The molecule has 0 unspecified atom stereocenters. The minimum Gasteiger partial charge on any atom is -0.349 e. The van der Waals surface area contributed by atoms with Gasteiger partial charge in [-0.25, -0.2) is 9.97 Å². The van der Waals surface area contributed by atoms with Crippen LogP contribution in [0.15, 0.2) is 35.8 Å². The highest BCUT2D eigenvalue weighted by Gasteiger charge is 2.35. The van der Waals surface area contributed by atoms with Gasteiger partial charge in [0.15, 0.2) is 4.96 Å². The molecule has 1 aliphatic heterocycles. The molecule has 164 valence electrons. The number of nitrogens with zero attached hydrogens (tertiary/aromatic N) is 4. The second kappa shape index (κ2) is 8.31. The second-order valence-corrected chi connectivity index (χ2v) is 10.2. The van der Waals surface area contributed by atoms with Gasteiger partial charge in [-0.15, -0.1) is 22.7 Å². The molecule has 1 aliphatic rings. The van der Waals surface area contributed by atoms with Crippen LogP contribution in [0.4, 0.5) is 0 Å². The van der Waals surface area contributed by atoms with Gasteiger partial charge >= 0.3 is 0 Å². The van der Waals surface area contributed by atoms with E-state index in [2.05, 4.69) is 15.3 Å². The molecule has 0 bridgehead atoms. The summed E-state index contributed by atoms with van der Waals surface area (Å²) in [5.74, 6) is -0.287. The summed E-state index contributed by atoms with van der Waals surface area (Å²) in [5, 5.41) is 6.36. The summed E-state index contributed by atoms with van der Waals surface area (Å²) in [6.45, 7) is 4.77. The number of amides is 2. The monoisotopic (exact) mass is 485 g/mol. The maximum Gasteiger partial charge on any atom is 0.274 e. The lowest BCUT2D eigenvalue weighted by atomic mass is 10.0. The number of aromatic nitrogens is 3. The van der Waals surface area contributed by atoms with Crippen LogP contribution in [-0.2, 0) is 0 Å². The first-order valence-corrected chi connectivity index (χ1v) is 12.2. The van der Waals surface area contributed by atoms with Crippen LogP contribution in [0, 0.1) is 13.8 Å². The Morgan fingerprint density at radius 1 is 1.22 bits per heavy atom. The average molecular weight is 486 g/mol. The molecule has 0 saturated carbocycles. The zero-order chi connectivity index (χ0) is 22.4. The van der Waals surface area contributed by atoms with E-state index >= 15 is 0 Å². The predicted molar refractivity (Wildman–Crippen MR) is 127 cm³/mol. The van der Waals surface area contributed by atoms with Gasteiger partial charge in [-0.3, -0.25) is 14.0 Å². The molecule has 2 amide bonds. The quantitative estimate of drug-likeness (QED) is 0.453. The molecule has 1 saturated heterocycles. The van der Waals surface area contributed by atoms with Crippen molar-refractivity contribution in [2.75, 3.05) is 13.1 Å². The Hall–Kier alpha value is -2.75. The summed E-state index contributed by atoms with van der Waals surface area (Å²) in [5.41, 5.74) is 2.61. The van der Waals surface area contributed by atoms with Gasteiger partial charge in [0.25, 0.3) is 11.8 Å². The maximum atomic E-state index is 13.3. The van der Waals surface area contributed by atoms with E-state index in [0.717, 1.165) is 26.8 Å². The molecule has 1 fully saturated rings. The lowest BCUT2D eigenvalue weighted by Gasteiger charge is -2.40. The molecule has 1 aromatic carbocycles. The number of hydrogen-bond donors (Lipinski definition) is 1. The van der Waals surface area contributed by atoms with E-state index in [4.69, 9.17) is 11.6 Å². The van der Waals surface area contributed by atoms with Crippen LogP contribution >= 0.6 is 34.3 Å². The zero-order valence-electron chi connectivity index (χ0n) is 17.5. The van der Waals surface area contributed by atoms with Gasteiger partial charge < -0.3 is 10.2 Å². The number of nitrogens with one attached hydrogen (secondary N) is 1. The smallest absolute Gasteiger partial charge is 0.274 e. The van der Waals surface area contributed by atoms with Crippen LogP contribution in [0.25, 0.3) is 15.4 Å². The van der Waals surface area contributed by atoms with Crippen molar-refractivity contribution in [3.63, 3.8) is 0 Å². The van der Waals surface area contributed by atoms with Gasteiger partial charge in [-0.05, 0) is 38.0 Å². The molecular formula is C22H20ClN5O2S2. The summed E-state index contributed by atoms with van der Waals surface area (Å²) < 4.78 is 1.80. The Balaban J connectivity index is 1.30. The minimum atomic E-state index is -0.181. The van der Waals surface area contributed by atoms with E-state index in [1.807, 2.05) is 49.7 Å². The molecule has 0 spiro atoms. The second-order valence-electron chi connectivity index (χ2n) is 7.67. The number of carbonyl (C=O) groups excluding carboxylic acids is 2. The molecule has 4 aromatic rings. The Bertz CT molecular complexity index is 1320. The Labute approximate surface area is 197 Å². The van der Waals surface area contributed by atoms with Crippen LogP contribution in [-0.4, -0.2) is 50.2 Å². The van der Waals surface area contributed by atoms with Crippen molar-refractivity contribution in [1.82, 2.24) is 24.6 Å². The molecule has 32 heavy (non-hydrogen) atoms. The van der Waals surface area contributed by atoms with Crippen molar-refractivity contribution in [2.45, 2.75) is 26.3 Å². The number of fused-ring (bicyclic) bond motifs is 1. The number of halogens is 1. The molecule has 5 rings (SSSR count). The average Bonchev–Trinajstić information content (AvgIpc) is 3.41. The van der Waals surface area contributed by atoms with Crippen molar-refractivity contribution >= 4 is 51.0 Å². The van der Waals surface area contributed by atoms with E-state index in [9.17, 15) is 9.59 Å². The summed E-state index contributed by atoms with van der Waals surface area (Å²) in [7, 11) is 0. The van der Waals surface area contributed by atoms with Crippen LogP contribution in [0.1, 0.15) is 38.1 Å². The number of likely N-dealkylation sites (tertiary alicyclic amines) is 1. The number of thiazole rings is 2. The first-order valence-electron chi connectivity index (χ1n) is 10.2. The van der Waals surface area contributed by atoms with Gasteiger partial charge in [-0.2, -0.15) is 0 Å². The van der Waals surface area contributed by atoms with Gasteiger partial charge in [0.05, 0.1) is 21.6 Å². The fourth-order valence-electron chi connectivity index (χ4n) is 3.89. The highest BCUT2D eigenvalue weighted by molar-refractivity contribution is 7.15. The van der Waals surface area contributed by atoms with E-state index in [0.29, 0.717) is 35.2 Å². The number of carbonyl (C=O) groups is 2. The van der Waals surface area contributed by atoms with Crippen molar-refractivity contribution in [2.24, 2.45) is 0 Å². The Kier molecular flexibility index (Phi) is 5.48. The van der Waals surface area contributed by atoms with Crippen molar-refractivity contribution in [1.29, 1.82) is 0 Å². The number of imidazole rings is 1. The molecule has 0 radical (unpaired) electrons. The summed E-state index contributed by atoms with van der Waals surface area (Å²) in [6, 6.07) is 7.37. The lowest BCUT2D eigenvalue weighted by molar-refractivity contribution is 0.0451. The third kappa shape index (κ3) is 3.70. The van der Waals surface area contributed by atoms with E-state index < -0.39 is 0 Å². The van der Waals surface area contributed by atoms with Crippen LogP contribution < -0.4 is 5.32 Å². The first kappa shape index (κ1) is 21.1. The van der Waals surface area contributed by atoms with E-state index in [1.54, 1.807) is 9.30 Å². The van der Waals surface area contributed by atoms with Crippen LogP contribution in [0.2, 0.25) is 5.02 Å². The van der Waals surface area contributed by atoms with Gasteiger partial charge in [0.2, 0.25) is 0 Å². The number of hydrogen-bond acceptors (Lipinski definition) is 6. The summed E-state index contributed by atoms with van der Waals surface area (Å²) in [4.78, 5) is 38.5. The van der Waals surface area contributed by atoms with Crippen molar-refractivity contribution in [3.8, 4) is 10.4 Å². The minimum absolute atomic E-state index is 0.0577. The number of rotatable bonds is 5. The fraction of sp³-hybridized carbons (Fsp3) is 0.273. The standard InChI is InChI=1S/C22H20ClN5O2S2/c1-12-18(28-9-10-31-22(28)25-12)20(29)24-11-16-7-8-27(16)21(30)17-19(32-13(2)26-17)14-3-5-15(23)6-4-14/h3-6,9-10,16H,7-8,11H2,1-2H3,(H,24,29)/t16-/m0/s1. The molecule has 0 aliphatic carbocycles. The number of benzene rings is 1. The Morgan fingerprint density at radius 2 is 2.00 bits per heavy atom. The third-order valence-electron chi connectivity index (χ3n) is 5.60. The molecule has 1 N–H and O–H groups in total. The van der Waals surface area contributed by atoms with Gasteiger partial charge in [0, 0.05) is 29.7 Å². The molecule has 10 heteroatoms. The van der Waals surface area contributed by atoms with Crippen LogP contribution in [0.5, 0.6) is 0 Å². The summed E-state index contributed by atoms with van der Waals surface area (Å²) in [6.07, 6.45) is 2.68. The fourth-order valence-corrected chi connectivity index (χ4v) is 5.69. The van der Waals surface area contributed by atoms with E-state index in [-0.39, 0.29) is 17.9 Å². The topological polar surface area (TPSA) is 79.6 Å². The van der Waals surface area contributed by atoms with Crippen molar-refractivity contribution in [3.05, 3.63) is 63.0 Å². The molecule has 7 nitrogen and oxygen atoms in total. The molecule has 3 aromatic heterocycles. The summed E-state index contributed by atoms with van der Waals surface area (Å²) >= 11 is 9.00. The predicted octanol–water partition coefficient (Wildman–Crippen LogP) is 4.43. The third-order valence-corrected chi connectivity index (χ3v) is 7.63. The SMILES string of the molecule is Cc1nc(C(=O)N2CC[C@H]2CNC(=O)c2c(C)nc3sccn23)c(-c2ccc(Cl)cc2)s1. The highest BCUT2D eigenvalue weighted by Crippen LogP contribution is 2.33. The maximum absolute atomic E-state index is 13.3. The van der Waals surface area contributed by atoms with Gasteiger partial charge in [-0.1, -0.05) is 23.7 Å². The van der Waals surface area contributed by atoms with Crippen molar-refractivity contribution < 1.29 is 9.59 Å². The molecular weight excluding hydrogens is 466 g/mol. The van der Waals surface area contributed by atoms with Crippen LogP contribution in [0.3, 0.4) is 0 Å². The zero-order valence-corrected chi connectivity index (χ0v) is 19.9. The Morgan fingerprint density at radius 3 is 2.72 bits per heavy atom. The molecule has 1 atom stereocenters. The first-order chi connectivity index (χ1) is 15.4.